The molecule has 100 valence electrons. The lowest BCUT2D eigenvalue weighted by Gasteiger charge is -2.05. The van der Waals surface area contributed by atoms with E-state index in [1.165, 1.54) is 10.5 Å². The monoisotopic (exact) mass is 281 g/mol. The molecule has 2 nitrogen and oxygen atoms in total. The van der Waals surface area contributed by atoms with Gasteiger partial charge in [-0.15, -0.1) is 11.8 Å². The minimum absolute atomic E-state index is 0.655. The molecule has 0 amide bonds. The quantitative estimate of drug-likeness (QED) is 0.656. The Labute approximate surface area is 122 Å². The summed E-state index contributed by atoms with van der Waals surface area (Å²) in [7, 11) is 1.64. The van der Waals surface area contributed by atoms with Crippen LogP contribution in [0.3, 0.4) is 0 Å². The average molecular weight is 281 g/mol. The number of ether oxygens (including phenoxy) is 1. The Hall–Kier alpha value is -2.00. The van der Waals surface area contributed by atoms with Gasteiger partial charge in [-0.2, -0.15) is 0 Å². The minimum atomic E-state index is 0.655. The van der Waals surface area contributed by atoms with E-state index in [2.05, 4.69) is 47.4 Å². The third-order valence-electron chi connectivity index (χ3n) is 3.13. The van der Waals surface area contributed by atoms with E-state index in [1.54, 1.807) is 7.11 Å². The van der Waals surface area contributed by atoms with Crippen molar-refractivity contribution in [1.82, 2.24) is 4.98 Å². The molecule has 0 aliphatic rings. The molecule has 0 atom stereocenters. The Morgan fingerprint density at radius 1 is 1.00 bits per heavy atom. The smallest absolute Gasteiger partial charge is 0.213 e. The van der Waals surface area contributed by atoms with Gasteiger partial charge in [0.05, 0.1) is 7.11 Å². The third kappa shape index (κ3) is 2.94. The number of nitrogens with zero attached hydrogens (tertiary/aromatic N) is 1. The summed E-state index contributed by atoms with van der Waals surface area (Å²) in [5, 5.41) is 2.30. The Kier molecular flexibility index (Phi) is 3.88. The van der Waals surface area contributed by atoms with E-state index >= 15 is 0 Å². The second-order valence-corrected chi connectivity index (χ2v) is 5.56. The van der Waals surface area contributed by atoms with Gasteiger partial charge in [-0.25, -0.2) is 4.98 Å². The maximum Gasteiger partial charge on any atom is 0.213 e. The highest BCUT2D eigenvalue weighted by atomic mass is 32.2. The first-order valence-electron chi connectivity index (χ1n) is 6.46. The van der Waals surface area contributed by atoms with Crippen molar-refractivity contribution in [2.45, 2.75) is 10.6 Å². The first-order valence-corrected chi connectivity index (χ1v) is 7.44. The van der Waals surface area contributed by atoms with E-state index in [4.69, 9.17) is 4.74 Å². The molecule has 3 aromatic rings. The lowest BCUT2D eigenvalue weighted by Crippen LogP contribution is -1.87. The topological polar surface area (TPSA) is 22.1 Å². The van der Waals surface area contributed by atoms with E-state index in [9.17, 15) is 0 Å². The van der Waals surface area contributed by atoms with Gasteiger partial charge in [-0.3, -0.25) is 0 Å². The molecule has 0 unspecified atom stereocenters. The minimum Gasteiger partial charge on any atom is -0.481 e. The van der Waals surface area contributed by atoms with Crippen LogP contribution in [0.15, 0.2) is 65.7 Å². The summed E-state index contributed by atoms with van der Waals surface area (Å²) in [6.45, 7) is 0. The molecule has 1 heterocycles. The summed E-state index contributed by atoms with van der Waals surface area (Å²) in [6.07, 6.45) is 1.85. The highest BCUT2D eigenvalue weighted by molar-refractivity contribution is 7.98. The Balaban J connectivity index is 1.81. The molecule has 0 spiro atoms. The molecule has 0 radical (unpaired) electrons. The normalized spacial score (nSPS) is 10.7. The van der Waals surface area contributed by atoms with Crippen LogP contribution in [-0.2, 0) is 5.75 Å². The van der Waals surface area contributed by atoms with Crippen LogP contribution in [0.1, 0.15) is 5.56 Å². The van der Waals surface area contributed by atoms with Gasteiger partial charge in [0, 0.05) is 28.3 Å². The number of benzene rings is 2. The molecule has 0 bridgehead atoms. The number of hydrogen-bond donors (Lipinski definition) is 0. The van der Waals surface area contributed by atoms with Crippen LogP contribution in [0.4, 0.5) is 0 Å². The van der Waals surface area contributed by atoms with Crippen LogP contribution in [0, 0.1) is 0 Å². The molecule has 0 aliphatic carbocycles. The summed E-state index contributed by atoms with van der Waals surface area (Å²) in [6, 6.07) is 18.9. The van der Waals surface area contributed by atoms with Gasteiger partial charge in [0.25, 0.3) is 0 Å². The number of hydrogen-bond acceptors (Lipinski definition) is 3. The predicted octanol–water partition coefficient (Wildman–Crippen LogP) is 4.54. The van der Waals surface area contributed by atoms with Crippen molar-refractivity contribution in [3.8, 4) is 5.88 Å². The second-order valence-electron chi connectivity index (χ2n) is 4.51. The van der Waals surface area contributed by atoms with Crippen molar-refractivity contribution in [3.63, 3.8) is 0 Å². The lowest BCUT2D eigenvalue weighted by molar-refractivity contribution is 0.399. The molecular weight excluding hydrogens is 266 g/mol. The van der Waals surface area contributed by atoms with Crippen molar-refractivity contribution in [2.24, 2.45) is 0 Å². The number of thioether (sulfide) groups is 1. The van der Waals surface area contributed by atoms with Crippen molar-refractivity contribution in [2.75, 3.05) is 7.11 Å². The largest absolute Gasteiger partial charge is 0.481 e. The first-order chi connectivity index (χ1) is 9.85. The molecule has 0 saturated heterocycles. The molecule has 3 heteroatoms. The number of pyridine rings is 1. The van der Waals surface area contributed by atoms with Gasteiger partial charge in [0.1, 0.15) is 0 Å². The van der Waals surface area contributed by atoms with Crippen molar-refractivity contribution >= 4 is 22.5 Å². The highest BCUT2D eigenvalue weighted by Gasteiger charge is 2.01. The van der Waals surface area contributed by atoms with Crippen LogP contribution < -0.4 is 4.74 Å². The lowest BCUT2D eigenvalue weighted by atomic mass is 10.2. The Morgan fingerprint density at radius 3 is 2.65 bits per heavy atom. The fourth-order valence-electron chi connectivity index (χ4n) is 2.04. The maximum atomic E-state index is 5.17. The Morgan fingerprint density at radius 2 is 1.85 bits per heavy atom. The molecule has 0 fully saturated rings. The molecule has 0 aliphatic heterocycles. The summed E-state index contributed by atoms with van der Waals surface area (Å²) in [5.41, 5.74) is 1.34. The molecule has 2 aromatic carbocycles. The third-order valence-corrected chi connectivity index (χ3v) is 4.19. The van der Waals surface area contributed by atoms with E-state index in [-0.39, 0.29) is 0 Å². The molecule has 20 heavy (non-hydrogen) atoms. The number of rotatable bonds is 4. The van der Waals surface area contributed by atoms with E-state index in [0.717, 1.165) is 16.5 Å². The van der Waals surface area contributed by atoms with E-state index in [1.807, 2.05) is 30.1 Å². The second kappa shape index (κ2) is 5.97. The zero-order valence-corrected chi connectivity index (χ0v) is 12.1. The van der Waals surface area contributed by atoms with Gasteiger partial charge in [-0.05, 0) is 23.1 Å². The van der Waals surface area contributed by atoms with Crippen LogP contribution in [0.5, 0.6) is 5.88 Å². The van der Waals surface area contributed by atoms with Gasteiger partial charge < -0.3 is 4.74 Å². The van der Waals surface area contributed by atoms with E-state index in [0.29, 0.717) is 5.88 Å². The number of methoxy groups -OCH3 is 1. The van der Waals surface area contributed by atoms with Crippen LogP contribution in [0.25, 0.3) is 10.8 Å². The van der Waals surface area contributed by atoms with Crippen molar-refractivity contribution in [1.29, 1.82) is 0 Å². The van der Waals surface area contributed by atoms with Crippen LogP contribution >= 0.6 is 11.8 Å². The molecule has 1 aromatic heterocycles. The van der Waals surface area contributed by atoms with E-state index < -0.39 is 0 Å². The Bertz CT molecular complexity index is 713. The van der Waals surface area contributed by atoms with Gasteiger partial charge >= 0.3 is 0 Å². The van der Waals surface area contributed by atoms with Gasteiger partial charge in [0.15, 0.2) is 0 Å². The summed E-state index contributed by atoms with van der Waals surface area (Å²) in [4.78, 5) is 5.48. The average Bonchev–Trinajstić information content (AvgIpc) is 2.53. The van der Waals surface area contributed by atoms with Crippen LogP contribution in [0.2, 0.25) is 0 Å². The SMILES string of the molecule is COc1cc2cc(SCc3ccccc3)ccc2cn1. The summed E-state index contributed by atoms with van der Waals surface area (Å²) < 4.78 is 5.17. The van der Waals surface area contributed by atoms with Crippen molar-refractivity contribution < 1.29 is 4.74 Å². The maximum absolute atomic E-state index is 5.17. The predicted molar refractivity (Wildman–Crippen MR) is 84.3 cm³/mol. The highest BCUT2D eigenvalue weighted by Crippen LogP contribution is 2.27. The molecule has 0 N–H and O–H groups in total. The number of aromatic nitrogens is 1. The molecule has 3 rings (SSSR count). The zero-order valence-electron chi connectivity index (χ0n) is 11.2. The summed E-state index contributed by atoms with van der Waals surface area (Å²) in [5.74, 6) is 1.64. The standard InChI is InChI=1S/C17H15NOS/c1-19-17-10-15-9-16(8-7-14(15)11-18-17)20-12-13-5-3-2-4-6-13/h2-11H,12H2,1H3. The summed E-state index contributed by atoms with van der Waals surface area (Å²) >= 11 is 1.84. The van der Waals surface area contributed by atoms with Crippen molar-refractivity contribution in [3.05, 3.63) is 66.4 Å². The molecule has 0 saturated carbocycles. The fraction of sp³-hybridized carbons (Fsp3) is 0.118. The zero-order chi connectivity index (χ0) is 13.8. The van der Waals surface area contributed by atoms with Gasteiger partial charge in [-0.1, -0.05) is 36.4 Å². The van der Waals surface area contributed by atoms with Gasteiger partial charge in [0.2, 0.25) is 5.88 Å². The van der Waals surface area contributed by atoms with Crippen LogP contribution in [-0.4, -0.2) is 12.1 Å². The molecular formula is C17H15NOS. The fourth-order valence-corrected chi connectivity index (χ4v) is 2.94. The first kappa shape index (κ1) is 13.0. The number of fused-ring (bicyclic) bond motifs is 1.